The molecule has 1 fully saturated rings. The molecule has 0 radical (unpaired) electrons. The van der Waals surface area contributed by atoms with Gasteiger partial charge in [-0.1, -0.05) is 12.1 Å². The van der Waals surface area contributed by atoms with E-state index in [1.165, 1.54) is 12.3 Å². The molecule has 3 rings (SSSR count). The molecule has 1 saturated heterocycles. The Morgan fingerprint density at radius 1 is 1.17 bits per heavy atom. The highest BCUT2D eigenvalue weighted by molar-refractivity contribution is 5.84. The molecule has 152 valence electrons. The molecular formula is C18H20N6O5. The van der Waals surface area contributed by atoms with E-state index in [1.807, 2.05) is 6.07 Å². The lowest BCUT2D eigenvalue weighted by Crippen LogP contribution is -2.42. The molecule has 11 nitrogen and oxygen atoms in total. The molecule has 1 heterocycles. The molecule has 2 aromatic rings. The van der Waals surface area contributed by atoms with Gasteiger partial charge >= 0.3 is 5.69 Å². The summed E-state index contributed by atoms with van der Waals surface area (Å²) in [5.74, 6) is 0.0924. The number of aromatic hydroxyl groups is 1. The predicted octanol–water partition coefficient (Wildman–Crippen LogP) is 2.06. The van der Waals surface area contributed by atoms with Gasteiger partial charge in [0.15, 0.2) is 0 Å². The third-order valence-electron chi connectivity index (χ3n) is 4.53. The Balaban J connectivity index is 1.74. The Labute approximate surface area is 165 Å². The average molecular weight is 400 g/mol. The molecule has 0 bridgehead atoms. The van der Waals surface area contributed by atoms with Crippen LogP contribution in [0.3, 0.4) is 0 Å². The summed E-state index contributed by atoms with van der Waals surface area (Å²) in [7, 11) is 0. The molecule has 0 saturated carbocycles. The van der Waals surface area contributed by atoms with E-state index in [1.54, 1.807) is 12.1 Å². The van der Waals surface area contributed by atoms with Gasteiger partial charge in [-0.3, -0.25) is 30.6 Å². The van der Waals surface area contributed by atoms with Gasteiger partial charge in [-0.05, 0) is 12.1 Å². The van der Waals surface area contributed by atoms with Crippen molar-refractivity contribution >= 4 is 23.3 Å². The molecule has 0 amide bonds. The van der Waals surface area contributed by atoms with E-state index in [0.717, 1.165) is 43.9 Å². The van der Waals surface area contributed by atoms with Gasteiger partial charge in [0, 0.05) is 49.9 Å². The molecule has 0 atom stereocenters. The lowest BCUT2D eigenvalue weighted by molar-refractivity contribution is -0.393. The fraction of sp³-hybridized carbons (Fsp3) is 0.278. The molecule has 1 aliphatic heterocycles. The molecule has 0 aromatic heterocycles. The lowest BCUT2D eigenvalue weighted by Gasteiger charge is -2.27. The summed E-state index contributed by atoms with van der Waals surface area (Å²) in [6.07, 6.45) is 1.35. The number of phenolic OH excluding ortho intramolecular Hbond substituents is 1. The first-order chi connectivity index (χ1) is 14.0. The minimum atomic E-state index is -0.726. The van der Waals surface area contributed by atoms with Crippen molar-refractivity contribution in [1.82, 2.24) is 10.2 Å². The fourth-order valence-electron chi connectivity index (χ4n) is 3.00. The quantitative estimate of drug-likeness (QED) is 0.364. The van der Waals surface area contributed by atoms with Gasteiger partial charge in [0.2, 0.25) is 0 Å². The van der Waals surface area contributed by atoms with Crippen LogP contribution in [-0.2, 0) is 6.54 Å². The Hall–Kier alpha value is -3.57. The number of nitro groups is 2. The number of piperazine rings is 1. The van der Waals surface area contributed by atoms with E-state index in [0.29, 0.717) is 12.1 Å². The van der Waals surface area contributed by atoms with E-state index in [-0.39, 0.29) is 17.1 Å². The molecule has 2 aromatic carbocycles. The van der Waals surface area contributed by atoms with Crippen molar-refractivity contribution in [3.8, 4) is 5.75 Å². The van der Waals surface area contributed by atoms with Crippen LogP contribution < -0.4 is 10.7 Å². The van der Waals surface area contributed by atoms with Crippen LogP contribution in [0, 0.1) is 20.2 Å². The van der Waals surface area contributed by atoms with Crippen molar-refractivity contribution in [2.75, 3.05) is 31.6 Å². The molecule has 29 heavy (non-hydrogen) atoms. The van der Waals surface area contributed by atoms with Crippen molar-refractivity contribution in [2.24, 2.45) is 5.10 Å². The summed E-state index contributed by atoms with van der Waals surface area (Å²) in [6, 6.07) is 8.54. The summed E-state index contributed by atoms with van der Waals surface area (Å²) in [5.41, 5.74) is 2.89. The van der Waals surface area contributed by atoms with Crippen molar-refractivity contribution < 1.29 is 15.0 Å². The average Bonchev–Trinajstić information content (AvgIpc) is 2.71. The van der Waals surface area contributed by atoms with Crippen LogP contribution in [0.1, 0.15) is 11.1 Å². The van der Waals surface area contributed by atoms with Crippen LogP contribution in [0.25, 0.3) is 0 Å². The second-order valence-electron chi connectivity index (χ2n) is 6.47. The molecule has 0 spiro atoms. The van der Waals surface area contributed by atoms with Crippen molar-refractivity contribution in [3.63, 3.8) is 0 Å². The minimum absolute atomic E-state index is 0.00770. The first kappa shape index (κ1) is 20.2. The zero-order valence-corrected chi connectivity index (χ0v) is 15.4. The van der Waals surface area contributed by atoms with E-state index in [9.17, 15) is 25.3 Å². The highest BCUT2D eigenvalue weighted by atomic mass is 16.6. The second-order valence-corrected chi connectivity index (χ2v) is 6.47. The number of nitrogens with one attached hydrogen (secondary N) is 2. The number of benzene rings is 2. The van der Waals surface area contributed by atoms with Gasteiger partial charge in [0.1, 0.15) is 11.4 Å². The number of anilines is 1. The van der Waals surface area contributed by atoms with Crippen LogP contribution in [0.2, 0.25) is 0 Å². The lowest BCUT2D eigenvalue weighted by atomic mass is 10.1. The van der Waals surface area contributed by atoms with E-state index in [4.69, 9.17) is 0 Å². The predicted molar refractivity (Wildman–Crippen MR) is 107 cm³/mol. The van der Waals surface area contributed by atoms with Gasteiger partial charge in [0.25, 0.3) is 5.69 Å². The largest absolute Gasteiger partial charge is 0.507 e. The first-order valence-corrected chi connectivity index (χ1v) is 8.91. The summed E-state index contributed by atoms with van der Waals surface area (Å²) in [6.45, 7) is 4.20. The second kappa shape index (κ2) is 9.08. The number of nitrogens with zero attached hydrogens (tertiary/aromatic N) is 4. The molecular weight excluding hydrogens is 380 g/mol. The van der Waals surface area contributed by atoms with E-state index < -0.39 is 15.5 Å². The molecule has 11 heteroatoms. The Morgan fingerprint density at radius 3 is 2.62 bits per heavy atom. The summed E-state index contributed by atoms with van der Waals surface area (Å²) in [4.78, 5) is 22.8. The maximum atomic E-state index is 11.2. The smallest absolute Gasteiger partial charge is 0.301 e. The maximum Gasteiger partial charge on any atom is 0.301 e. The third-order valence-corrected chi connectivity index (χ3v) is 4.53. The van der Waals surface area contributed by atoms with Crippen LogP contribution >= 0.6 is 0 Å². The van der Waals surface area contributed by atoms with Crippen LogP contribution in [-0.4, -0.2) is 52.2 Å². The number of para-hydroxylation sites is 1. The zero-order valence-electron chi connectivity index (χ0n) is 15.4. The highest BCUT2D eigenvalue weighted by Gasteiger charge is 2.19. The number of phenols is 1. The maximum absolute atomic E-state index is 11.2. The number of hydrogen-bond donors (Lipinski definition) is 3. The Morgan fingerprint density at radius 2 is 1.93 bits per heavy atom. The van der Waals surface area contributed by atoms with Crippen molar-refractivity contribution in [1.29, 1.82) is 0 Å². The van der Waals surface area contributed by atoms with Gasteiger partial charge < -0.3 is 10.4 Å². The number of non-ortho nitro benzene ring substituents is 1. The van der Waals surface area contributed by atoms with E-state index >= 15 is 0 Å². The first-order valence-electron chi connectivity index (χ1n) is 8.91. The van der Waals surface area contributed by atoms with Gasteiger partial charge in [-0.2, -0.15) is 5.10 Å². The standard InChI is InChI=1S/C18H20N6O5/c25-18-13(2-1-3-14(18)12-22-8-6-19-7-9-22)11-20-21-16-5-4-15(23(26)27)10-17(16)24(28)29/h1-5,10-11,19,21,25H,6-9,12H2/b20-11+. The summed E-state index contributed by atoms with van der Waals surface area (Å²) >= 11 is 0. The van der Waals surface area contributed by atoms with Gasteiger partial charge in [-0.25, -0.2) is 0 Å². The van der Waals surface area contributed by atoms with Crippen LogP contribution in [0.5, 0.6) is 5.75 Å². The zero-order chi connectivity index (χ0) is 20.8. The Kier molecular flexibility index (Phi) is 6.32. The molecule has 0 unspecified atom stereocenters. The number of nitro benzene ring substituents is 2. The van der Waals surface area contributed by atoms with E-state index in [2.05, 4.69) is 20.7 Å². The molecule has 1 aliphatic rings. The number of hydrogen-bond acceptors (Lipinski definition) is 9. The Bertz CT molecular complexity index is 942. The molecule has 0 aliphatic carbocycles. The topological polar surface area (TPSA) is 146 Å². The highest BCUT2D eigenvalue weighted by Crippen LogP contribution is 2.29. The normalized spacial score (nSPS) is 14.8. The fourth-order valence-corrected chi connectivity index (χ4v) is 3.00. The summed E-state index contributed by atoms with van der Waals surface area (Å²) in [5, 5.41) is 39.7. The van der Waals surface area contributed by atoms with Crippen molar-refractivity contribution in [3.05, 3.63) is 67.8 Å². The SMILES string of the molecule is O=[N+]([O-])c1ccc(N/N=C/c2cccc(CN3CCNCC3)c2O)c([N+](=O)[O-])c1. The molecule has 3 N–H and O–H groups in total. The van der Waals surface area contributed by atoms with Crippen LogP contribution in [0.4, 0.5) is 17.1 Å². The number of rotatable bonds is 7. The number of hydrazone groups is 1. The van der Waals surface area contributed by atoms with Crippen molar-refractivity contribution in [2.45, 2.75) is 6.54 Å². The summed E-state index contributed by atoms with van der Waals surface area (Å²) < 4.78 is 0. The van der Waals surface area contributed by atoms with Gasteiger partial charge in [-0.15, -0.1) is 0 Å². The minimum Gasteiger partial charge on any atom is -0.507 e. The third kappa shape index (κ3) is 5.03. The monoisotopic (exact) mass is 400 g/mol. The van der Waals surface area contributed by atoms with Crippen LogP contribution in [0.15, 0.2) is 41.5 Å². The van der Waals surface area contributed by atoms with Gasteiger partial charge in [0.05, 0.1) is 22.1 Å².